The van der Waals surface area contributed by atoms with Gasteiger partial charge in [0.05, 0.1) is 11.9 Å². The van der Waals surface area contributed by atoms with Crippen LogP contribution in [0.5, 0.6) is 0 Å². The fourth-order valence-electron chi connectivity index (χ4n) is 3.05. The first-order valence-corrected chi connectivity index (χ1v) is 7.32. The van der Waals surface area contributed by atoms with E-state index in [1.165, 1.54) is 23.2 Å². The van der Waals surface area contributed by atoms with E-state index in [2.05, 4.69) is 38.1 Å². The van der Waals surface area contributed by atoms with Crippen molar-refractivity contribution in [2.24, 2.45) is 0 Å². The molecule has 0 spiro atoms. The summed E-state index contributed by atoms with van der Waals surface area (Å²) in [7, 11) is 0. The average molecular weight is 257 g/mol. The average Bonchev–Trinajstić information content (AvgIpc) is 3.15. The smallest absolute Gasteiger partial charge is 0.0562 e. The minimum Gasteiger partial charge on any atom is -0.364 e. The third kappa shape index (κ3) is 1.64. The van der Waals surface area contributed by atoms with E-state index in [1.54, 1.807) is 11.3 Å². The second-order valence-corrected chi connectivity index (χ2v) is 5.87. The van der Waals surface area contributed by atoms with Crippen LogP contribution in [0.1, 0.15) is 6.42 Å². The van der Waals surface area contributed by atoms with Crippen LogP contribution in [0, 0.1) is 0 Å². The minimum atomic E-state index is 0.662. The summed E-state index contributed by atoms with van der Waals surface area (Å²) in [6.45, 7) is 2.24. The topological polar surface area (TPSA) is 28.2 Å². The Morgan fingerprint density at radius 1 is 1.33 bits per heavy atom. The van der Waals surface area contributed by atoms with Crippen molar-refractivity contribution in [2.45, 2.75) is 18.5 Å². The molecule has 2 bridgehead atoms. The first kappa shape index (κ1) is 10.5. The predicted octanol–water partition coefficient (Wildman–Crippen LogP) is 2.36. The summed E-state index contributed by atoms with van der Waals surface area (Å²) < 4.78 is 0. The molecule has 0 aromatic carbocycles. The second kappa shape index (κ2) is 4.07. The minimum absolute atomic E-state index is 0.662. The van der Waals surface area contributed by atoms with Crippen molar-refractivity contribution >= 4 is 17.0 Å². The maximum absolute atomic E-state index is 4.41. The fraction of sp³-hybridized carbons (Fsp3) is 0.357. The largest absolute Gasteiger partial charge is 0.364 e. The molecule has 2 saturated heterocycles. The third-order valence-corrected chi connectivity index (χ3v) is 4.65. The molecule has 0 radical (unpaired) electrons. The zero-order valence-corrected chi connectivity index (χ0v) is 10.9. The van der Waals surface area contributed by atoms with Gasteiger partial charge in [-0.3, -0.25) is 4.98 Å². The van der Waals surface area contributed by atoms with Gasteiger partial charge in [0, 0.05) is 36.9 Å². The van der Waals surface area contributed by atoms with Crippen LogP contribution >= 0.6 is 11.3 Å². The van der Waals surface area contributed by atoms with E-state index in [-0.39, 0.29) is 0 Å². The maximum Gasteiger partial charge on any atom is 0.0562 e. The van der Waals surface area contributed by atoms with Gasteiger partial charge >= 0.3 is 0 Å². The van der Waals surface area contributed by atoms with Crippen LogP contribution < -0.4 is 10.2 Å². The number of rotatable bonds is 2. The molecule has 0 amide bonds. The zero-order valence-electron chi connectivity index (χ0n) is 10.0. The molecular formula is C14H15N3S. The highest BCUT2D eigenvalue weighted by molar-refractivity contribution is 7.08. The Balaban J connectivity index is 1.68. The molecule has 2 aliphatic rings. The summed E-state index contributed by atoms with van der Waals surface area (Å²) in [5, 5.41) is 7.83. The van der Waals surface area contributed by atoms with Crippen LogP contribution in [-0.4, -0.2) is 30.2 Å². The molecule has 0 aliphatic carbocycles. The highest BCUT2D eigenvalue weighted by Gasteiger charge is 2.37. The molecule has 2 aliphatic heterocycles. The van der Waals surface area contributed by atoms with E-state index in [0.717, 1.165) is 13.1 Å². The lowest BCUT2D eigenvalue weighted by Gasteiger charge is -2.29. The SMILES string of the molecule is c1cc(-c2cncc(N3CC4C[C@H]3CN4)c2)cs1. The van der Waals surface area contributed by atoms with E-state index < -0.39 is 0 Å². The van der Waals surface area contributed by atoms with Gasteiger partial charge in [0.1, 0.15) is 0 Å². The normalized spacial score (nSPS) is 25.9. The summed E-state index contributed by atoms with van der Waals surface area (Å²) in [5.74, 6) is 0. The van der Waals surface area contributed by atoms with Gasteiger partial charge in [-0.1, -0.05) is 0 Å². The summed E-state index contributed by atoms with van der Waals surface area (Å²) in [4.78, 5) is 6.92. The summed E-state index contributed by atoms with van der Waals surface area (Å²) in [6.07, 6.45) is 5.23. The Morgan fingerprint density at radius 2 is 2.33 bits per heavy atom. The van der Waals surface area contributed by atoms with Crippen LogP contribution in [0.2, 0.25) is 0 Å². The molecular weight excluding hydrogens is 242 g/mol. The van der Waals surface area contributed by atoms with Crippen LogP contribution in [-0.2, 0) is 0 Å². The van der Waals surface area contributed by atoms with Gasteiger partial charge in [0.2, 0.25) is 0 Å². The van der Waals surface area contributed by atoms with Crippen molar-refractivity contribution in [1.82, 2.24) is 10.3 Å². The van der Waals surface area contributed by atoms with Gasteiger partial charge in [-0.05, 0) is 34.9 Å². The number of pyridine rings is 1. The second-order valence-electron chi connectivity index (χ2n) is 5.09. The molecule has 18 heavy (non-hydrogen) atoms. The van der Waals surface area contributed by atoms with E-state index in [9.17, 15) is 0 Å². The number of fused-ring (bicyclic) bond motifs is 2. The van der Waals surface area contributed by atoms with Gasteiger partial charge in [-0.15, -0.1) is 0 Å². The number of nitrogens with zero attached hydrogens (tertiary/aromatic N) is 2. The number of anilines is 1. The number of hydrogen-bond acceptors (Lipinski definition) is 4. The quantitative estimate of drug-likeness (QED) is 0.895. The number of thiophene rings is 1. The molecule has 2 aromatic heterocycles. The molecule has 1 N–H and O–H groups in total. The van der Waals surface area contributed by atoms with Gasteiger partial charge in [-0.2, -0.15) is 11.3 Å². The first-order valence-electron chi connectivity index (χ1n) is 6.38. The molecule has 4 heterocycles. The lowest BCUT2D eigenvalue weighted by molar-refractivity contribution is 0.580. The summed E-state index contributed by atoms with van der Waals surface area (Å²) in [5.41, 5.74) is 3.77. The predicted molar refractivity (Wildman–Crippen MR) is 75.1 cm³/mol. The van der Waals surface area contributed by atoms with Gasteiger partial charge in [0.15, 0.2) is 0 Å². The zero-order chi connectivity index (χ0) is 11.9. The van der Waals surface area contributed by atoms with Crippen molar-refractivity contribution < 1.29 is 0 Å². The molecule has 2 atom stereocenters. The van der Waals surface area contributed by atoms with E-state index in [1.807, 2.05) is 12.4 Å². The highest BCUT2D eigenvalue weighted by Crippen LogP contribution is 2.31. The van der Waals surface area contributed by atoms with Crippen LogP contribution in [0.15, 0.2) is 35.3 Å². The molecule has 4 heteroatoms. The lowest BCUT2D eigenvalue weighted by Crippen LogP contribution is -2.43. The molecule has 92 valence electrons. The summed E-state index contributed by atoms with van der Waals surface area (Å²) in [6, 6.07) is 5.77. The van der Waals surface area contributed by atoms with Crippen LogP contribution in [0.4, 0.5) is 5.69 Å². The van der Waals surface area contributed by atoms with Crippen LogP contribution in [0.25, 0.3) is 11.1 Å². The van der Waals surface area contributed by atoms with Crippen molar-refractivity contribution in [3.05, 3.63) is 35.3 Å². The van der Waals surface area contributed by atoms with E-state index >= 15 is 0 Å². The Kier molecular flexibility index (Phi) is 2.38. The molecule has 2 fully saturated rings. The number of nitrogens with one attached hydrogen (secondary N) is 1. The van der Waals surface area contributed by atoms with Crippen molar-refractivity contribution in [2.75, 3.05) is 18.0 Å². The Hall–Kier alpha value is -1.39. The standard InChI is InChI=1S/C14H15N3S/c1-2-18-9-10(1)11-3-13(6-15-5-11)17-8-12-4-14(17)7-16-12/h1-3,5-6,9,12,14,16H,4,7-8H2/t12?,14-/m0/s1. The number of hydrogen-bond donors (Lipinski definition) is 1. The summed E-state index contributed by atoms with van der Waals surface area (Å²) >= 11 is 1.73. The molecule has 0 saturated carbocycles. The Bertz CT molecular complexity index is 552. The van der Waals surface area contributed by atoms with Crippen molar-refractivity contribution in [3.8, 4) is 11.1 Å². The monoisotopic (exact) mass is 257 g/mol. The number of piperazine rings is 1. The molecule has 2 aromatic rings. The third-order valence-electron chi connectivity index (χ3n) is 3.97. The molecule has 1 unspecified atom stereocenters. The lowest BCUT2D eigenvalue weighted by atomic mass is 10.1. The molecule has 4 rings (SSSR count). The van der Waals surface area contributed by atoms with Gasteiger partial charge < -0.3 is 10.2 Å². The van der Waals surface area contributed by atoms with Gasteiger partial charge in [0.25, 0.3) is 0 Å². The Morgan fingerprint density at radius 3 is 3.06 bits per heavy atom. The van der Waals surface area contributed by atoms with Crippen LogP contribution in [0.3, 0.4) is 0 Å². The van der Waals surface area contributed by atoms with E-state index in [0.29, 0.717) is 12.1 Å². The van der Waals surface area contributed by atoms with Crippen molar-refractivity contribution in [3.63, 3.8) is 0 Å². The first-order chi connectivity index (χ1) is 8.90. The Labute approximate surface area is 110 Å². The molecule has 3 nitrogen and oxygen atoms in total. The van der Waals surface area contributed by atoms with Gasteiger partial charge in [-0.25, -0.2) is 0 Å². The fourth-order valence-corrected chi connectivity index (χ4v) is 3.71. The number of aromatic nitrogens is 1. The van der Waals surface area contributed by atoms with Crippen molar-refractivity contribution in [1.29, 1.82) is 0 Å². The highest BCUT2D eigenvalue weighted by atomic mass is 32.1. The maximum atomic E-state index is 4.41. The van der Waals surface area contributed by atoms with E-state index in [4.69, 9.17) is 0 Å².